The lowest BCUT2D eigenvalue weighted by Crippen LogP contribution is -2.53. The predicted molar refractivity (Wildman–Crippen MR) is 66.7 cm³/mol. The lowest BCUT2D eigenvalue weighted by atomic mass is 10.2. The molecule has 0 saturated carbocycles. The van der Waals surface area contributed by atoms with E-state index >= 15 is 0 Å². The van der Waals surface area contributed by atoms with Crippen LogP contribution in [0.5, 0.6) is 0 Å². The minimum atomic E-state index is -0.188. The van der Waals surface area contributed by atoms with Crippen LogP contribution in [0.4, 0.5) is 0 Å². The lowest BCUT2D eigenvalue weighted by molar-refractivity contribution is 0.282. The van der Waals surface area contributed by atoms with E-state index in [0.717, 1.165) is 17.5 Å². The Labute approximate surface area is 95.2 Å². The molecule has 0 amide bonds. The van der Waals surface area contributed by atoms with Crippen molar-refractivity contribution in [3.05, 3.63) is 0 Å². The molecule has 86 valence electrons. The lowest BCUT2D eigenvalue weighted by Gasteiger charge is -2.30. The molecular weight excluding hydrogens is 210 g/mol. The third-order valence-electron chi connectivity index (χ3n) is 2.03. The van der Waals surface area contributed by atoms with Crippen molar-refractivity contribution in [3.8, 4) is 0 Å². The van der Waals surface area contributed by atoms with Crippen LogP contribution in [0, 0.1) is 5.92 Å². The highest BCUT2D eigenvalue weighted by Crippen LogP contribution is 2.14. The summed E-state index contributed by atoms with van der Waals surface area (Å²) in [6.45, 7) is 7.02. The summed E-state index contributed by atoms with van der Waals surface area (Å²) in [5, 5.41) is 5.58. The quantitative estimate of drug-likeness (QED) is 0.704. The Morgan fingerprint density at radius 2 is 2.27 bits per heavy atom. The second-order valence-corrected chi connectivity index (χ2v) is 4.35. The summed E-state index contributed by atoms with van der Waals surface area (Å²) >= 11 is 1.53. The second kappa shape index (κ2) is 5.48. The summed E-state index contributed by atoms with van der Waals surface area (Å²) in [5.74, 6) is 7.07. The summed E-state index contributed by atoms with van der Waals surface area (Å²) in [6, 6.07) is 0. The molecule has 0 radical (unpaired) electrons. The first kappa shape index (κ1) is 12.5. The molecule has 0 aliphatic carbocycles. The van der Waals surface area contributed by atoms with E-state index in [-0.39, 0.29) is 6.29 Å². The third-order valence-corrected chi connectivity index (χ3v) is 2.70. The highest BCUT2D eigenvalue weighted by molar-refractivity contribution is 8.13. The van der Waals surface area contributed by atoms with E-state index in [4.69, 9.17) is 5.84 Å². The van der Waals surface area contributed by atoms with Crippen LogP contribution in [0.2, 0.25) is 0 Å². The van der Waals surface area contributed by atoms with Crippen LogP contribution in [0.15, 0.2) is 9.98 Å². The Kier molecular flexibility index (Phi) is 4.56. The summed E-state index contributed by atoms with van der Waals surface area (Å²) < 4.78 is 0. The Balaban J connectivity index is 2.89. The van der Waals surface area contributed by atoms with Gasteiger partial charge in [0.15, 0.2) is 11.5 Å². The SMILES string of the molecule is CCNC1N=C(C(C)C)N=C(SC)N1N. The van der Waals surface area contributed by atoms with Gasteiger partial charge in [-0.2, -0.15) is 0 Å². The van der Waals surface area contributed by atoms with Crippen molar-refractivity contribution in [1.29, 1.82) is 0 Å². The molecule has 1 rings (SSSR count). The van der Waals surface area contributed by atoms with Gasteiger partial charge in [-0.25, -0.2) is 15.8 Å². The standard InChI is InChI=1S/C9H19N5S/c1-5-11-8-12-7(6(2)3)13-9(15-4)14(8)10/h6,8,11H,5,10H2,1-4H3. The van der Waals surface area contributed by atoms with E-state index < -0.39 is 0 Å². The van der Waals surface area contributed by atoms with Gasteiger partial charge in [0.25, 0.3) is 0 Å². The van der Waals surface area contributed by atoms with E-state index in [9.17, 15) is 0 Å². The highest BCUT2D eigenvalue weighted by Gasteiger charge is 2.23. The first-order valence-corrected chi connectivity index (χ1v) is 6.30. The summed E-state index contributed by atoms with van der Waals surface area (Å²) in [5.41, 5.74) is 0. The van der Waals surface area contributed by atoms with Crippen LogP contribution in [0.1, 0.15) is 20.8 Å². The Morgan fingerprint density at radius 3 is 2.73 bits per heavy atom. The van der Waals surface area contributed by atoms with Crippen LogP contribution in [-0.4, -0.2) is 35.1 Å². The first-order chi connectivity index (χ1) is 7.10. The van der Waals surface area contributed by atoms with Crippen molar-refractivity contribution in [2.24, 2.45) is 21.7 Å². The zero-order valence-corrected chi connectivity index (χ0v) is 10.5. The van der Waals surface area contributed by atoms with Gasteiger partial charge in [-0.05, 0) is 12.8 Å². The van der Waals surface area contributed by atoms with Crippen molar-refractivity contribution in [2.45, 2.75) is 27.1 Å². The molecule has 1 aliphatic rings. The van der Waals surface area contributed by atoms with Crippen LogP contribution < -0.4 is 11.2 Å². The van der Waals surface area contributed by atoms with Gasteiger partial charge in [-0.15, -0.1) is 0 Å². The molecule has 1 heterocycles. The fraction of sp³-hybridized carbons (Fsp3) is 0.778. The van der Waals surface area contributed by atoms with Gasteiger partial charge in [0.1, 0.15) is 5.84 Å². The van der Waals surface area contributed by atoms with E-state index in [0.29, 0.717) is 5.92 Å². The Bertz CT molecular complexity index is 274. The fourth-order valence-corrected chi connectivity index (χ4v) is 1.73. The smallest absolute Gasteiger partial charge is 0.193 e. The van der Waals surface area contributed by atoms with Gasteiger partial charge in [0.2, 0.25) is 0 Å². The molecule has 0 aromatic heterocycles. The van der Waals surface area contributed by atoms with Crippen LogP contribution in [-0.2, 0) is 0 Å². The maximum atomic E-state index is 5.89. The summed E-state index contributed by atoms with van der Waals surface area (Å²) in [4.78, 5) is 8.86. The number of nitrogens with two attached hydrogens (primary N) is 1. The maximum absolute atomic E-state index is 5.89. The predicted octanol–water partition coefficient (Wildman–Crippen LogP) is 0.842. The molecule has 0 aromatic rings. The van der Waals surface area contributed by atoms with Crippen LogP contribution in [0.25, 0.3) is 0 Å². The molecule has 0 saturated heterocycles. The monoisotopic (exact) mass is 229 g/mol. The first-order valence-electron chi connectivity index (χ1n) is 5.07. The average molecular weight is 229 g/mol. The van der Waals surface area contributed by atoms with Crippen molar-refractivity contribution in [2.75, 3.05) is 12.8 Å². The van der Waals surface area contributed by atoms with Crippen molar-refractivity contribution >= 4 is 22.8 Å². The van der Waals surface area contributed by atoms with Gasteiger partial charge < -0.3 is 0 Å². The van der Waals surface area contributed by atoms with E-state index in [2.05, 4.69) is 29.1 Å². The van der Waals surface area contributed by atoms with Gasteiger partial charge in [0.05, 0.1) is 0 Å². The van der Waals surface area contributed by atoms with E-state index in [1.54, 1.807) is 5.01 Å². The van der Waals surface area contributed by atoms with Crippen molar-refractivity contribution in [1.82, 2.24) is 10.3 Å². The number of rotatable bonds is 3. The third kappa shape index (κ3) is 2.93. The molecule has 0 spiro atoms. The molecule has 5 nitrogen and oxygen atoms in total. The maximum Gasteiger partial charge on any atom is 0.193 e. The summed E-state index contributed by atoms with van der Waals surface area (Å²) in [7, 11) is 0. The molecule has 15 heavy (non-hydrogen) atoms. The largest absolute Gasteiger partial charge is 0.278 e. The zero-order valence-electron chi connectivity index (χ0n) is 9.69. The number of hydrogen-bond acceptors (Lipinski definition) is 6. The van der Waals surface area contributed by atoms with E-state index in [1.807, 2.05) is 13.2 Å². The molecule has 0 fully saturated rings. The minimum absolute atomic E-state index is 0.188. The normalized spacial score (nSPS) is 21.7. The van der Waals surface area contributed by atoms with Gasteiger partial charge in [-0.1, -0.05) is 32.5 Å². The zero-order chi connectivity index (χ0) is 11.4. The molecule has 0 bridgehead atoms. The van der Waals surface area contributed by atoms with Gasteiger partial charge >= 0.3 is 0 Å². The molecular formula is C9H19N5S. The van der Waals surface area contributed by atoms with Crippen molar-refractivity contribution in [3.63, 3.8) is 0 Å². The number of nitrogens with zero attached hydrogens (tertiary/aromatic N) is 3. The number of hydrazine groups is 1. The fourth-order valence-electron chi connectivity index (χ4n) is 1.23. The number of amidine groups is 2. The number of hydrogen-bond donors (Lipinski definition) is 2. The average Bonchev–Trinajstić information content (AvgIpc) is 2.21. The molecule has 0 aromatic carbocycles. The molecule has 1 atom stereocenters. The van der Waals surface area contributed by atoms with Gasteiger partial charge in [-0.3, -0.25) is 10.3 Å². The number of thioether (sulfide) groups is 1. The second-order valence-electron chi connectivity index (χ2n) is 3.58. The topological polar surface area (TPSA) is 66.0 Å². The minimum Gasteiger partial charge on any atom is -0.278 e. The Hall–Kier alpha value is -0.590. The number of aliphatic imine (C=N–C) groups is 2. The van der Waals surface area contributed by atoms with Gasteiger partial charge in [0, 0.05) is 5.92 Å². The molecule has 6 heteroatoms. The Morgan fingerprint density at radius 1 is 1.60 bits per heavy atom. The van der Waals surface area contributed by atoms with E-state index in [1.165, 1.54) is 11.8 Å². The van der Waals surface area contributed by atoms with Crippen molar-refractivity contribution < 1.29 is 0 Å². The molecule has 1 unspecified atom stereocenters. The molecule has 3 N–H and O–H groups in total. The summed E-state index contributed by atoms with van der Waals surface area (Å²) in [6.07, 6.45) is 1.78. The van der Waals surface area contributed by atoms with Crippen LogP contribution in [0.3, 0.4) is 0 Å². The van der Waals surface area contributed by atoms with Crippen LogP contribution >= 0.6 is 11.8 Å². The number of nitrogens with one attached hydrogen (secondary N) is 1. The highest BCUT2D eigenvalue weighted by atomic mass is 32.2. The molecule has 1 aliphatic heterocycles.